The van der Waals surface area contributed by atoms with Crippen LogP contribution in [-0.4, -0.2) is 4.57 Å². The van der Waals surface area contributed by atoms with Crippen LogP contribution in [0.5, 0.6) is 0 Å². The van der Waals surface area contributed by atoms with Gasteiger partial charge in [0.15, 0.2) is 0 Å². The molecular weight excluding hydrogens is 865 g/mol. The molecule has 1 aliphatic rings. The number of nitrogens with zero attached hydrogens (tertiary/aromatic N) is 2. The Labute approximate surface area is 411 Å². The molecule has 328 valence electrons. The first kappa shape index (κ1) is 40.3. The van der Waals surface area contributed by atoms with Crippen LogP contribution in [0.25, 0.3) is 81.0 Å². The monoisotopic (exact) mass is 908 g/mol. The van der Waals surface area contributed by atoms with Gasteiger partial charge in [0, 0.05) is 53.7 Å². The molecule has 0 amide bonds. The van der Waals surface area contributed by atoms with Crippen molar-refractivity contribution in [1.82, 2.24) is 4.57 Å². The van der Waals surface area contributed by atoms with E-state index in [0.29, 0.717) is 0 Å². The van der Waals surface area contributed by atoms with Crippen molar-refractivity contribution < 1.29 is 0 Å². The van der Waals surface area contributed by atoms with Gasteiger partial charge in [-0.25, -0.2) is 0 Å². The molecule has 2 heterocycles. The van der Waals surface area contributed by atoms with Gasteiger partial charge in [0.2, 0.25) is 0 Å². The number of benzene rings is 11. The average Bonchev–Trinajstić information content (AvgIpc) is 4.07. The number of para-hydroxylation sites is 1. The third kappa shape index (κ3) is 6.25. The molecule has 2 aromatic heterocycles. The second-order valence-electron chi connectivity index (χ2n) is 18.4. The summed E-state index contributed by atoms with van der Waals surface area (Å²) in [6.45, 7) is 0. The molecule has 0 aliphatic heterocycles. The molecule has 14 rings (SSSR count). The van der Waals surface area contributed by atoms with E-state index in [1.165, 1.54) is 97.6 Å². The van der Waals surface area contributed by atoms with E-state index >= 15 is 0 Å². The van der Waals surface area contributed by atoms with Gasteiger partial charge in [-0.2, -0.15) is 0 Å². The Balaban J connectivity index is 0.948. The van der Waals surface area contributed by atoms with E-state index in [9.17, 15) is 0 Å². The lowest BCUT2D eigenvalue weighted by Gasteiger charge is -2.35. The second-order valence-corrected chi connectivity index (χ2v) is 19.5. The van der Waals surface area contributed by atoms with E-state index in [1.54, 1.807) is 0 Å². The van der Waals surface area contributed by atoms with Crippen molar-refractivity contribution >= 4 is 70.4 Å². The summed E-state index contributed by atoms with van der Waals surface area (Å²) in [6, 6.07) is 98.6. The van der Waals surface area contributed by atoms with Crippen molar-refractivity contribution in [3.63, 3.8) is 0 Å². The zero-order valence-electron chi connectivity index (χ0n) is 38.2. The first-order valence-electron chi connectivity index (χ1n) is 24.1. The summed E-state index contributed by atoms with van der Waals surface area (Å²) in [6.07, 6.45) is 0. The lowest BCUT2D eigenvalue weighted by atomic mass is 9.67. The number of hydrogen-bond acceptors (Lipinski definition) is 2. The largest absolute Gasteiger partial charge is 0.310 e. The van der Waals surface area contributed by atoms with Gasteiger partial charge in [0.05, 0.1) is 16.4 Å². The standard InChI is InChI=1S/C67H44N2S/c1-5-17-45(18-6-1)47-29-32-51(33-30-47)68(53-34-38-56-55-25-13-15-27-61(55)67(62(56)43-53,49-21-9-3-10-22-49)50-23-11-4-12-24-50)52-36-40-65-60(42-52)59-39-35-54(44-66(59)70-65)69-63-28-16-14-26-57(63)58-37-31-48(41-64(58)69)46-19-7-2-8-20-46/h1-44H. The first-order chi connectivity index (χ1) is 34.7. The van der Waals surface area contributed by atoms with Crippen LogP contribution in [0, 0.1) is 0 Å². The maximum Gasteiger partial charge on any atom is 0.0714 e. The quantitative estimate of drug-likeness (QED) is 0.147. The lowest BCUT2D eigenvalue weighted by Crippen LogP contribution is -2.28. The van der Waals surface area contributed by atoms with Gasteiger partial charge < -0.3 is 9.47 Å². The van der Waals surface area contributed by atoms with Crippen LogP contribution in [0.3, 0.4) is 0 Å². The molecule has 70 heavy (non-hydrogen) atoms. The van der Waals surface area contributed by atoms with Crippen molar-refractivity contribution in [2.45, 2.75) is 5.41 Å². The summed E-state index contributed by atoms with van der Waals surface area (Å²) in [5.74, 6) is 0. The van der Waals surface area contributed by atoms with E-state index in [0.717, 1.165) is 22.7 Å². The maximum atomic E-state index is 2.47. The molecule has 3 heteroatoms. The highest BCUT2D eigenvalue weighted by Crippen LogP contribution is 2.57. The highest BCUT2D eigenvalue weighted by Gasteiger charge is 2.46. The van der Waals surface area contributed by atoms with Crippen molar-refractivity contribution in [2.24, 2.45) is 0 Å². The summed E-state index contributed by atoms with van der Waals surface area (Å²) in [7, 11) is 0. The van der Waals surface area contributed by atoms with E-state index < -0.39 is 5.41 Å². The van der Waals surface area contributed by atoms with Crippen LogP contribution < -0.4 is 4.90 Å². The Hall–Kier alpha value is -8.76. The lowest BCUT2D eigenvalue weighted by molar-refractivity contribution is 0.768. The summed E-state index contributed by atoms with van der Waals surface area (Å²) in [5.41, 5.74) is 18.9. The Bertz CT molecular complexity index is 4060. The van der Waals surface area contributed by atoms with Crippen LogP contribution in [0.1, 0.15) is 22.3 Å². The van der Waals surface area contributed by atoms with Gasteiger partial charge in [-0.15, -0.1) is 11.3 Å². The van der Waals surface area contributed by atoms with Crippen molar-refractivity contribution in [3.05, 3.63) is 289 Å². The van der Waals surface area contributed by atoms with Gasteiger partial charge in [-0.05, 0) is 122 Å². The molecular formula is C67H44N2S. The molecule has 0 radical (unpaired) electrons. The predicted molar refractivity (Wildman–Crippen MR) is 297 cm³/mol. The summed E-state index contributed by atoms with van der Waals surface area (Å²) >= 11 is 1.87. The number of rotatable bonds is 8. The molecule has 1 aliphatic carbocycles. The average molecular weight is 909 g/mol. The van der Waals surface area contributed by atoms with Crippen LogP contribution in [0.4, 0.5) is 17.1 Å². The van der Waals surface area contributed by atoms with E-state index in [-0.39, 0.29) is 0 Å². The molecule has 0 spiro atoms. The minimum Gasteiger partial charge on any atom is -0.310 e. The molecule has 0 fully saturated rings. The van der Waals surface area contributed by atoms with E-state index in [4.69, 9.17) is 0 Å². The third-order valence-corrected chi connectivity index (χ3v) is 15.8. The minimum atomic E-state index is -0.516. The van der Waals surface area contributed by atoms with Crippen LogP contribution in [0.15, 0.2) is 267 Å². The second kappa shape index (κ2) is 16.2. The molecule has 11 aromatic carbocycles. The number of fused-ring (bicyclic) bond motifs is 9. The number of aromatic nitrogens is 1. The summed E-state index contributed by atoms with van der Waals surface area (Å²) in [5, 5.41) is 5.02. The molecule has 2 nitrogen and oxygen atoms in total. The topological polar surface area (TPSA) is 8.17 Å². The fourth-order valence-corrected chi connectivity index (χ4v) is 12.7. The maximum absolute atomic E-state index is 2.47. The van der Waals surface area contributed by atoms with Gasteiger partial charge >= 0.3 is 0 Å². The highest BCUT2D eigenvalue weighted by atomic mass is 32.1. The molecule has 0 saturated heterocycles. The Kier molecular flexibility index (Phi) is 9.33. The Morgan fingerprint density at radius 2 is 0.857 bits per heavy atom. The summed E-state index contributed by atoms with van der Waals surface area (Å²) in [4.78, 5) is 2.46. The molecule has 0 unspecified atom stereocenters. The fraction of sp³-hybridized carbons (Fsp3) is 0.0149. The number of anilines is 3. The number of thiophene rings is 1. The fourth-order valence-electron chi connectivity index (χ4n) is 11.5. The SMILES string of the molecule is c1ccc(-c2ccc(N(c3ccc4c(c3)C(c3ccccc3)(c3ccccc3)c3ccccc3-4)c3ccc4sc5cc(-n6c7ccccc7c7ccc(-c8ccccc8)cc76)ccc5c4c3)cc2)cc1. The molecule has 0 saturated carbocycles. The third-order valence-electron chi connectivity index (χ3n) is 14.7. The molecule has 0 N–H and O–H groups in total. The van der Waals surface area contributed by atoms with E-state index in [1.807, 2.05) is 11.3 Å². The smallest absolute Gasteiger partial charge is 0.0714 e. The molecule has 0 atom stereocenters. The van der Waals surface area contributed by atoms with Crippen LogP contribution >= 0.6 is 11.3 Å². The zero-order valence-corrected chi connectivity index (χ0v) is 39.0. The van der Waals surface area contributed by atoms with Crippen LogP contribution in [0.2, 0.25) is 0 Å². The Morgan fingerprint density at radius 3 is 1.60 bits per heavy atom. The van der Waals surface area contributed by atoms with Crippen molar-refractivity contribution in [2.75, 3.05) is 4.90 Å². The van der Waals surface area contributed by atoms with Crippen molar-refractivity contribution in [1.29, 1.82) is 0 Å². The normalized spacial score (nSPS) is 12.7. The first-order valence-corrected chi connectivity index (χ1v) is 24.9. The molecule has 0 bridgehead atoms. The number of hydrogen-bond donors (Lipinski definition) is 0. The highest BCUT2D eigenvalue weighted by molar-refractivity contribution is 7.25. The van der Waals surface area contributed by atoms with Crippen molar-refractivity contribution in [3.8, 4) is 39.1 Å². The van der Waals surface area contributed by atoms with Gasteiger partial charge in [-0.3, -0.25) is 0 Å². The van der Waals surface area contributed by atoms with Gasteiger partial charge in [0.1, 0.15) is 0 Å². The minimum absolute atomic E-state index is 0.516. The van der Waals surface area contributed by atoms with Gasteiger partial charge in [-0.1, -0.05) is 200 Å². The van der Waals surface area contributed by atoms with Gasteiger partial charge in [0.25, 0.3) is 0 Å². The zero-order chi connectivity index (χ0) is 46.2. The van der Waals surface area contributed by atoms with E-state index in [2.05, 4.69) is 276 Å². The van der Waals surface area contributed by atoms with Crippen LogP contribution in [-0.2, 0) is 5.41 Å². The molecule has 13 aromatic rings. The Morgan fingerprint density at radius 1 is 0.314 bits per heavy atom. The summed E-state index contributed by atoms with van der Waals surface area (Å²) < 4.78 is 4.98. The predicted octanol–water partition coefficient (Wildman–Crippen LogP) is 18.3.